The van der Waals surface area contributed by atoms with E-state index in [0.717, 1.165) is 11.3 Å². The van der Waals surface area contributed by atoms with Crippen LogP contribution in [0.3, 0.4) is 0 Å². The summed E-state index contributed by atoms with van der Waals surface area (Å²) in [6, 6.07) is 16.6. The van der Waals surface area contributed by atoms with Gasteiger partial charge in [-0.1, -0.05) is 30.3 Å². The van der Waals surface area contributed by atoms with Crippen LogP contribution >= 0.6 is 0 Å². The van der Waals surface area contributed by atoms with Crippen LogP contribution < -0.4 is 14.8 Å². The van der Waals surface area contributed by atoms with Gasteiger partial charge in [0.15, 0.2) is 6.61 Å². The first-order chi connectivity index (χ1) is 9.78. The Hall–Kier alpha value is -2.49. The fraction of sp³-hybridized carbons (Fsp3) is 0.125. The van der Waals surface area contributed by atoms with E-state index in [4.69, 9.17) is 9.47 Å². The highest BCUT2D eigenvalue weighted by Crippen LogP contribution is 2.11. The van der Waals surface area contributed by atoms with Gasteiger partial charge in [0, 0.05) is 0 Å². The van der Waals surface area contributed by atoms with Crippen LogP contribution in [0.1, 0.15) is 5.56 Å². The number of nitrogens with one attached hydrogen (secondary N) is 1. The third-order valence-corrected chi connectivity index (χ3v) is 2.63. The highest BCUT2D eigenvalue weighted by atomic mass is 16.5. The van der Waals surface area contributed by atoms with Crippen LogP contribution in [0.25, 0.3) is 0 Å². The van der Waals surface area contributed by atoms with Crippen molar-refractivity contribution in [3.05, 3.63) is 66.7 Å². The fourth-order valence-corrected chi connectivity index (χ4v) is 1.57. The SMILES string of the molecule is COc1ccc([CH]NC(=O)COc2ccccc2)cc1. The molecular weight excluding hydrogens is 254 g/mol. The Morgan fingerprint density at radius 1 is 1.05 bits per heavy atom. The van der Waals surface area contributed by atoms with Gasteiger partial charge in [0.05, 0.1) is 13.7 Å². The van der Waals surface area contributed by atoms with Gasteiger partial charge in [-0.25, -0.2) is 0 Å². The minimum Gasteiger partial charge on any atom is -0.497 e. The predicted molar refractivity (Wildman–Crippen MR) is 76.5 cm³/mol. The lowest BCUT2D eigenvalue weighted by molar-refractivity contribution is -0.122. The average molecular weight is 270 g/mol. The van der Waals surface area contributed by atoms with Crippen LogP contribution in [0.5, 0.6) is 11.5 Å². The Bertz CT molecular complexity index is 537. The maximum absolute atomic E-state index is 11.6. The number of para-hydroxylation sites is 1. The van der Waals surface area contributed by atoms with Crippen LogP contribution in [0.2, 0.25) is 0 Å². The molecule has 0 heterocycles. The normalized spacial score (nSPS) is 9.85. The maximum atomic E-state index is 11.6. The number of hydrogen-bond donors (Lipinski definition) is 1. The highest BCUT2D eigenvalue weighted by Gasteiger charge is 2.03. The fourth-order valence-electron chi connectivity index (χ4n) is 1.57. The summed E-state index contributed by atoms with van der Waals surface area (Å²) in [6.07, 6.45) is 0. The van der Waals surface area contributed by atoms with Gasteiger partial charge in [-0.15, -0.1) is 0 Å². The number of carbonyl (C=O) groups is 1. The van der Waals surface area contributed by atoms with E-state index >= 15 is 0 Å². The number of rotatable bonds is 6. The largest absolute Gasteiger partial charge is 0.497 e. The first-order valence-corrected chi connectivity index (χ1v) is 6.22. The maximum Gasteiger partial charge on any atom is 0.258 e. The second kappa shape index (κ2) is 7.19. The molecule has 0 saturated carbocycles. The van der Waals surface area contributed by atoms with Crippen molar-refractivity contribution < 1.29 is 14.3 Å². The average Bonchev–Trinajstić information content (AvgIpc) is 2.52. The van der Waals surface area contributed by atoms with Crippen molar-refractivity contribution in [3.8, 4) is 11.5 Å². The van der Waals surface area contributed by atoms with E-state index in [0.29, 0.717) is 5.75 Å². The highest BCUT2D eigenvalue weighted by molar-refractivity contribution is 5.78. The Morgan fingerprint density at radius 3 is 2.40 bits per heavy atom. The summed E-state index contributed by atoms with van der Waals surface area (Å²) >= 11 is 0. The van der Waals surface area contributed by atoms with Crippen molar-refractivity contribution >= 4 is 5.91 Å². The summed E-state index contributed by atoms with van der Waals surface area (Å²) < 4.78 is 10.4. The van der Waals surface area contributed by atoms with E-state index in [2.05, 4.69) is 5.32 Å². The summed E-state index contributed by atoms with van der Waals surface area (Å²) in [5, 5.41) is 2.68. The molecule has 0 aliphatic rings. The van der Waals surface area contributed by atoms with Gasteiger partial charge < -0.3 is 14.8 Å². The Kier molecular flexibility index (Phi) is 5.00. The molecule has 0 atom stereocenters. The third-order valence-electron chi connectivity index (χ3n) is 2.63. The molecule has 0 aliphatic carbocycles. The Balaban J connectivity index is 1.74. The lowest BCUT2D eigenvalue weighted by atomic mass is 10.2. The third kappa shape index (κ3) is 4.31. The van der Waals surface area contributed by atoms with Gasteiger partial charge in [-0.2, -0.15) is 0 Å². The van der Waals surface area contributed by atoms with E-state index in [1.54, 1.807) is 25.8 Å². The minimum atomic E-state index is -0.204. The van der Waals surface area contributed by atoms with Crippen molar-refractivity contribution in [2.24, 2.45) is 0 Å². The first kappa shape index (κ1) is 13.9. The van der Waals surface area contributed by atoms with E-state index in [-0.39, 0.29) is 12.5 Å². The molecule has 103 valence electrons. The van der Waals surface area contributed by atoms with Crippen molar-refractivity contribution in [2.75, 3.05) is 13.7 Å². The Morgan fingerprint density at radius 2 is 1.75 bits per heavy atom. The molecule has 0 spiro atoms. The summed E-state index contributed by atoms with van der Waals surface area (Å²) in [7, 11) is 1.61. The number of ether oxygens (including phenoxy) is 2. The zero-order valence-corrected chi connectivity index (χ0v) is 11.2. The van der Waals surface area contributed by atoms with Gasteiger partial charge in [0.2, 0.25) is 0 Å². The van der Waals surface area contributed by atoms with Gasteiger partial charge in [-0.3, -0.25) is 4.79 Å². The van der Waals surface area contributed by atoms with Crippen molar-refractivity contribution in [1.82, 2.24) is 5.32 Å². The molecule has 0 unspecified atom stereocenters. The predicted octanol–water partition coefficient (Wildman–Crippen LogP) is 2.40. The van der Waals surface area contributed by atoms with E-state index in [1.807, 2.05) is 42.5 Å². The molecule has 2 aromatic carbocycles. The summed E-state index contributed by atoms with van der Waals surface area (Å²) in [4.78, 5) is 11.6. The molecule has 0 bridgehead atoms. The van der Waals surface area contributed by atoms with Crippen LogP contribution in [0.15, 0.2) is 54.6 Å². The van der Waals surface area contributed by atoms with Gasteiger partial charge >= 0.3 is 0 Å². The summed E-state index contributed by atoms with van der Waals surface area (Å²) in [5.41, 5.74) is 0.888. The number of amides is 1. The quantitative estimate of drug-likeness (QED) is 0.876. The standard InChI is InChI=1S/C16H16NO3/c1-19-14-9-7-13(8-10-14)11-17-16(18)12-20-15-5-3-2-4-6-15/h2-11H,12H2,1H3,(H,17,18). The van der Waals surface area contributed by atoms with Gasteiger partial charge in [0.25, 0.3) is 5.91 Å². The molecule has 0 fully saturated rings. The lowest BCUT2D eigenvalue weighted by Crippen LogP contribution is -2.27. The molecule has 4 nitrogen and oxygen atoms in total. The van der Waals surface area contributed by atoms with Gasteiger partial charge in [-0.05, 0) is 29.8 Å². The van der Waals surface area contributed by atoms with Crippen molar-refractivity contribution in [2.45, 2.75) is 0 Å². The molecule has 1 amide bonds. The topological polar surface area (TPSA) is 47.6 Å². The monoisotopic (exact) mass is 270 g/mol. The van der Waals surface area contributed by atoms with Crippen molar-refractivity contribution in [1.29, 1.82) is 0 Å². The second-order valence-electron chi connectivity index (χ2n) is 4.09. The summed E-state index contributed by atoms with van der Waals surface area (Å²) in [5.74, 6) is 1.25. The molecule has 2 rings (SSSR count). The molecule has 1 radical (unpaired) electrons. The van der Waals surface area contributed by atoms with E-state index in [1.165, 1.54) is 0 Å². The lowest BCUT2D eigenvalue weighted by Gasteiger charge is -2.07. The zero-order valence-electron chi connectivity index (χ0n) is 11.2. The van der Waals surface area contributed by atoms with E-state index in [9.17, 15) is 4.79 Å². The van der Waals surface area contributed by atoms with Crippen LogP contribution in [0, 0.1) is 6.54 Å². The number of benzene rings is 2. The van der Waals surface area contributed by atoms with Crippen LogP contribution in [-0.2, 0) is 4.79 Å². The summed E-state index contributed by atoms with van der Waals surface area (Å²) in [6.45, 7) is 1.62. The molecule has 20 heavy (non-hydrogen) atoms. The Labute approximate surface area is 118 Å². The number of methoxy groups -OCH3 is 1. The second-order valence-corrected chi connectivity index (χ2v) is 4.09. The molecular formula is C16H16NO3. The minimum absolute atomic E-state index is 0.0172. The molecule has 1 N–H and O–H groups in total. The smallest absolute Gasteiger partial charge is 0.258 e. The van der Waals surface area contributed by atoms with E-state index < -0.39 is 0 Å². The van der Waals surface area contributed by atoms with Crippen molar-refractivity contribution in [3.63, 3.8) is 0 Å². The first-order valence-electron chi connectivity index (χ1n) is 6.22. The number of carbonyl (C=O) groups excluding carboxylic acids is 1. The molecule has 0 aliphatic heterocycles. The zero-order chi connectivity index (χ0) is 14.2. The molecule has 4 heteroatoms. The van der Waals surface area contributed by atoms with Crippen LogP contribution in [-0.4, -0.2) is 19.6 Å². The van der Waals surface area contributed by atoms with Crippen LogP contribution in [0.4, 0.5) is 0 Å². The molecule has 0 aromatic heterocycles. The number of hydrogen-bond acceptors (Lipinski definition) is 3. The van der Waals surface area contributed by atoms with Gasteiger partial charge in [0.1, 0.15) is 11.5 Å². The molecule has 2 aromatic rings. The molecule has 0 saturated heterocycles.